The Morgan fingerprint density at radius 1 is 1.00 bits per heavy atom. The van der Waals surface area contributed by atoms with Crippen molar-refractivity contribution in [2.75, 3.05) is 6.61 Å². The van der Waals surface area contributed by atoms with Crippen molar-refractivity contribution in [1.82, 2.24) is 0 Å². The van der Waals surface area contributed by atoms with E-state index in [1.807, 2.05) is 0 Å². The lowest BCUT2D eigenvalue weighted by molar-refractivity contribution is -0.216. The van der Waals surface area contributed by atoms with Gasteiger partial charge in [-0.15, -0.1) is 0 Å². The van der Waals surface area contributed by atoms with E-state index >= 15 is 0 Å². The minimum absolute atomic E-state index is 0.00530. The summed E-state index contributed by atoms with van der Waals surface area (Å²) in [6.45, 7) is 32.1. The minimum Gasteiger partial charge on any atom is -0.461 e. The molecule has 0 heterocycles. The Kier molecular flexibility index (Phi) is 11.6. The molecule has 0 N–H and O–H groups in total. The maximum atomic E-state index is 13.2. The van der Waals surface area contributed by atoms with Crippen LogP contribution < -0.4 is 0 Å². The Labute approximate surface area is 290 Å². The van der Waals surface area contributed by atoms with Gasteiger partial charge in [0.2, 0.25) is 0 Å². The maximum Gasteiger partial charge on any atom is 0.332 e. The summed E-state index contributed by atoms with van der Waals surface area (Å²) in [6.07, 6.45) is 18.0. The second-order valence-corrected chi connectivity index (χ2v) is 27.8. The zero-order chi connectivity index (χ0) is 35.1. The standard InChI is InChI=1S/C40H68O5Si2/c1-14-32-23-24-34-30(18-17-25-39(32,34)9)21-22-31-26-40(45-47(12,13)38(6,7)8,42-28-36(41)43-33-19-15-16-20-33)27-35(29(31)2)44-46(10,11)37(3,4)5/h21-23,33-35H,2,14-20,24-28H2,1,3-13H3/t34-,35-,39+,40+/m0/s1. The summed E-state index contributed by atoms with van der Waals surface area (Å²) in [5, 5.41) is -0.00664. The lowest BCUT2D eigenvalue weighted by atomic mass is 9.64. The van der Waals surface area contributed by atoms with Crippen molar-refractivity contribution in [3.8, 4) is 0 Å². The van der Waals surface area contributed by atoms with Crippen molar-refractivity contribution in [2.45, 2.75) is 180 Å². The van der Waals surface area contributed by atoms with Crippen molar-refractivity contribution in [2.24, 2.45) is 11.3 Å². The van der Waals surface area contributed by atoms with Crippen molar-refractivity contribution >= 4 is 22.6 Å². The highest BCUT2D eigenvalue weighted by Gasteiger charge is 2.52. The van der Waals surface area contributed by atoms with Crippen LogP contribution in [0.25, 0.3) is 0 Å². The number of carbonyl (C=O) groups is 1. The van der Waals surface area contributed by atoms with E-state index in [9.17, 15) is 4.79 Å². The number of hydrogen-bond acceptors (Lipinski definition) is 5. The zero-order valence-corrected chi connectivity index (χ0v) is 34.2. The van der Waals surface area contributed by atoms with Crippen molar-refractivity contribution in [3.05, 3.63) is 47.1 Å². The van der Waals surface area contributed by atoms with Crippen LogP contribution in [0, 0.1) is 11.3 Å². The van der Waals surface area contributed by atoms with Crippen LogP contribution in [0.15, 0.2) is 47.1 Å². The van der Waals surface area contributed by atoms with E-state index in [4.69, 9.17) is 18.3 Å². The van der Waals surface area contributed by atoms with Gasteiger partial charge < -0.3 is 18.3 Å². The van der Waals surface area contributed by atoms with E-state index in [1.165, 1.54) is 12.8 Å². The Morgan fingerprint density at radius 2 is 1.64 bits per heavy atom. The Bertz CT molecular complexity index is 1260. The van der Waals surface area contributed by atoms with Crippen LogP contribution in [0.2, 0.25) is 36.3 Å². The maximum absolute atomic E-state index is 13.2. The fourth-order valence-corrected chi connectivity index (χ4v) is 10.6. The van der Waals surface area contributed by atoms with Gasteiger partial charge in [0.1, 0.15) is 12.7 Å². The highest BCUT2D eigenvalue weighted by molar-refractivity contribution is 6.74. The molecule has 4 aliphatic carbocycles. The Morgan fingerprint density at radius 3 is 2.23 bits per heavy atom. The molecule has 4 rings (SSSR count). The van der Waals surface area contributed by atoms with Gasteiger partial charge in [0.05, 0.1) is 6.10 Å². The van der Waals surface area contributed by atoms with Crippen molar-refractivity contribution < 1.29 is 23.1 Å². The van der Waals surface area contributed by atoms with Crippen LogP contribution in [0.1, 0.15) is 126 Å². The SMILES string of the molecule is C=C1C(=CC=C2CCC[C@]3(C)C(CC)=CC[C@@H]23)C[C@@](OCC(=O)OC2CCCC2)(O[Si](C)(C)C(C)(C)C)C[C@@H]1O[Si](C)(C)C(C)(C)C. The molecular weight excluding hydrogens is 617 g/mol. The van der Waals surface area contributed by atoms with Crippen LogP contribution in [0.4, 0.5) is 0 Å². The Balaban J connectivity index is 1.73. The lowest BCUT2D eigenvalue weighted by Gasteiger charge is -2.51. The third kappa shape index (κ3) is 8.56. The summed E-state index contributed by atoms with van der Waals surface area (Å²) in [5.41, 5.74) is 5.58. The molecule has 0 aromatic carbocycles. The quantitative estimate of drug-likeness (QED) is 0.0992. The van der Waals surface area contributed by atoms with E-state index in [1.54, 1.807) is 11.1 Å². The van der Waals surface area contributed by atoms with Gasteiger partial charge in [-0.2, -0.15) is 0 Å². The first kappa shape index (κ1) is 38.5. The summed E-state index contributed by atoms with van der Waals surface area (Å²) in [5.74, 6) is -0.744. The summed E-state index contributed by atoms with van der Waals surface area (Å²) in [7, 11) is -4.53. The molecule has 4 aliphatic rings. The highest BCUT2D eigenvalue weighted by atomic mass is 28.4. The van der Waals surface area contributed by atoms with Gasteiger partial charge in [-0.1, -0.05) is 91.3 Å². The molecular formula is C40H68O5Si2. The predicted octanol–water partition coefficient (Wildman–Crippen LogP) is 11.3. The first-order valence-electron chi connectivity index (χ1n) is 18.6. The molecule has 266 valence electrons. The molecule has 4 atom stereocenters. The molecule has 0 radical (unpaired) electrons. The number of allylic oxidation sites excluding steroid dienone is 5. The van der Waals surface area contributed by atoms with Crippen LogP contribution in [0.3, 0.4) is 0 Å². The lowest BCUT2D eigenvalue weighted by Crippen LogP contribution is -2.56. The minimum atomic E-state index is -2.34. The van der Waals surface area contributed by atoms with Crippen LogP contribution in [-0.4, -0.2) is 47.2 Å². The molecule has 0 amide bonds. The van der Waals surface area contributed by atoms with Gasteiger partial charge in [0.25, 0.3) is 0 Å². The number of esters is 1. The smallest absolute Gasteiger partial charge is 0.332 e. The second kappa shape index (κ2) is 14.2. The van der Waals surface area contributed by atoms with Gasteiger partial charge in [0.15, 0.2) is 22.4 Å². The normalized spacial score (nSPS) is 31.4. The predicted molar refractivity (Wildman–Crippen MR) is 200 cm³/mol. The fourth-order valence-electron chi connectivity index (χ4n) is 7.81. The molecule has 0 aromatic rings. The molecule has 0 spiro atoms. The average molecular weight is 685 g/mol. The third-order valence-corrected chi connectivity index (χ3v) is 21.9. The number of rotatable bonds is 10. The number of fused-ring (bicyclic) bond motifs is 1. The average Bonchev–Trinajstić information content (AvgIpc) is 3.58. The molecule has 0 unspecified atom stereocenters. The molecule has 3 saturated carbocycles. The summed E-state index contributed by atoms with van der Waals surface area (Å²) < 4.78 is 27.1. The van der Waals surface area contributed by atoms with Crippen LogP contribution in [0.5, 0.6) is 0 Å². The van der Waals surface area contributed by atoms with E-state index in [0.717, 1.165) is 56.1 Å². The molecule has 47 heavy (non-hydrogen) atoms. The third-order valence-electron chi connectivity index (χ3n) is 12.9. The summed E-state index contributed by atoms with van der Waals surface area (Å²) in [4.78, 5) is 13.2. The van der Waals surface area contributed by atoms with Crippen molar-refractivity contribution in [3.63, 3.8) is 0 Å². The van der Waals surface area contributed by atoms with Gasteiger partial charge in [-0.3, -0.25) is 0 Å². The molecule has 7 heteroatoms. The highest BCUT2D eigenvalue weighted by Crippen LogP contribution is 2.56. The number of carbonyl (C=O) groups excluding carboxylic acids is 1. The second-order valence-electron chi connectivity index (χ2n) is 18.3. The number of hydrogen-bond donors (Lipinski definition) is 0. The fraction of sp³-hybridized carbons (Fsp3) is 0.775. The molecule has 5 nitrogen and oxygen atoms in total. The first-order valence-corrected chi connectivity index (χ1v) is 24.4. The van der Waals surface area contributed by atoms with E-state index in [2.05, 4.69) is 106 Å². The van der Waals surface area contributed by atoms with E-state index < -0.39 is 22.4 Å². The molecule has 0 aliphatic heterocycles. The van der Waals surface area contributed by atoms with Gasteiger partial charge in [-0.25, -0.2) is 4.79 Å². The van der Waals surface area contributed by atoms with Crippen molar-refractivity contribution in [1.29, 1.82) is 0 Å². The van der Waals surface area contributed by atoms with Crippen LogP contribution in [-0.2, 0) is 23.1 Å². The van der Waals surface area contributed by atoms with Gasteiger partial charge in [0, 0.05) is 12.8 Å². The zero-order valence-electron chi connectivity index (χ0n) is 32.2. The van der Waals surface area contributed by atoms with E-state index in [0.29, 0.717) is 18.8 Å². The molecule has 3 fully saturated rings. The molecule has 0 bridgehead atoms. The summed E-state index contributed by atoms with van der Waals surface area (Å²) in [6, 6.07) is 0. The van der Waals surface area contributed by atoms with E-state index in [-0.39, 0.29) is 40.3 Å². The topological polar surface area (TPSA) is 54.0 Å². The number of ether oxygens (including phenoxy) is 2. The summed E-state index contributed by atoms with van der Waals surface area (Å²) >= 11 is 0. The first-order chi connectivity index (χ1) is 21.6. The van der Waals surface area contributed by atoms with Crippen LogP contribution >= 0.6 is 0 Å². The largest absolute Gasteiger partial charge is 0.461 e. The van der Waals surface area contributed by atoms with Gasteiger partial charge in [-0.05, 0) is 117 Å². The monoisotopic (exact) mass is 684 g/mol. The molecule has 0 saturated heterocycles. The molecule has 0 aromatic heterocycles. The van der Waals surface area contributed by atoms with Gasteiger partial charge >= 0.3 is 5.97 Å². The Hall–Kier alpha value is -1.26.